The van der Waals surface area contributed by atoms with Crippen LogP contribution < -0.4 is 5.32 Å². The lowest BCUT2D eigenvalue weighted by molar-refractivity contribution is -0.120. The fourth-order valence-corrected chi connectivity index (χ4v) is 0.555. The highest BCUT2D eigenvalue weighted by atomic mass is 16.3. The molecule has 0 saturated heterocycles. The summed E-state index contributed by atoms with van der Waals surface area (Å²) in [6, 6.07) is 1.73. The maximum absolute atomic E-state index is 10.6. The molecule has 11 heavy (non-hydrogen) atoms. The van der Waals surface area contributed by atoms with Gasteiger partial charge < -0.3 is 10.4 Å². The molecule has 1 amide bonds. The van der Waals surface area contributed by atoms with E-state index in [0.717, 1.165) is 0 Å². The van der Waals surface area contributed by atoms with Crippen molar-refractivity contribution >= 4 is 5.91 Å². The molecule has 0 aromatic rings. The molecule has 4 nitrogen and oxygen atoms in total. The van der Waals surface area contributed by atoms with E-state index in [-0.39, 0.29) is 12.3 Å². The SMILES string of the molecule is CC(O)CCNC(=O)CC#N. The lowest BCUT2D eigenvalue weighted by Crippen LogP contribution is -2.25. The van der Waals surface area contributed by atoms with Crippen molar-refractivity contribution in [3.63, 3.8) is 0 Å². The monoisotopic (exact) mass is 156 g/mol. The van der Waals surface area contributed by atoms with Crippen molar-refractivity contribution in [2.75, 3.05) is 6.54 Å². The van der Waals surface area contributed by atoms with Gasteiger partial charge in [-0.15, -0.1) is 0 Å². The fraction of sp³-hybridized carbons (Fsp3) is 0.714. The number of aliphatic hydroxyl groups is 1. The first-order valence-corrected chi connectivity index (χ1v) is 3.48. The quantitative estimate of drug-likeness (QED) is 0.591. The van der Waals surface area contributed by atoms with Gasteiger partial charge in [0.15, 0.2) is 0 Å². The first-order valence-electron chi connectivity index (χ1n) is 3.48. The number of rotatable bonds is 4. The standard InChI is InChI=1S/C7H12N2O2/c1-6(10)3-5-9-7(11)2-4-8/h6,10H,2-3,5H2,1H3,(H,9,11). The number of amides is 1. The zero-order valence-corrected chi connectivity index (χ0v) is 6.50. The number of nitrogens with one attached hydrogen (secondary N) is 1. The van der Waals surface area contributed by atoms with E-state index < -0.39 is 6.10 Å². The first-order chi connectivity index (χ1) is 5.16. The predicted molar refractivity (Wildman–Crippen MR) is 39.5 cm³/mol. The Labute approximate surface area is 65.8 Å². The number of carbonyl (C=O) groups is 1. The number of aliphatic hydroxyl groups excluding tert-OH is 1. The van der Waals surface area contributed by atoms with E-state index >= 15 is 0 Å². The van der Waals surface area contributed by atoms with Crippen LogP contribution in [0.1, 0.15) is 19.8 Å². The summed E-state index contributed by atoms with van der Waals surface area (Å²) in [4.78, 5) is 10.6. The molecule has 0 radical (unpaired) electrons. The molecule has 0 aromatic heterocycles. The summed E-state index contributed by atoms with van der Waals surface area (Å²) in [5, 5.41) is 19.4. The van der Waals surface area contributed by atoms with Crippen molar-refractivity contribution in [2.24, 2.45) is 0 Å². The van der Waals surface area contributed by atoms with E-state index in [1.807, 2.05) is 0 Å². The van der Waals surface area contributed by atoms with Gasteiger partial charge in [-0.25, -0.2) is 0 Å². The number of carbonyl (C=O) groups excluding carboxylic acids is 1. The van der Waals surface area contributed by atoms with Crippen molar-refractivity contribution in [3.8, 4) is 6.07 Å². The summed E-state index contributed by atoms with van der Waals surface area (Å²) in [5.74, 6) is -0.284. The largest absolute Gasteiger partial charge is 0.393 e. The molecule has 0 aliphatic carbocycles. The van der Waals surface area contributed by atoms with Crippen LogP contribution in [0.4, 0.5) is 0 Å². The van der Waals surface area contributed by atoms with Gasteiger partial charge in [0.2, 0.25) is 5.91 Å². The summed E-state index contributed by atoms with van der Waals surface area (Å²) < 4.78 is 0. The molecule has 0 fully saturated rings. The van der Waals surface area contributed by atoms with Crippen molar-refractivity contribution in [1.82, 2.24) is 5.32 Å². The van der Waals surface area contributed by atoms with Gasteiger partial charge in [-0.2, -0.15) is 5.26 Å². The van der Waals surface area contributed by atoms with Gasteiger partial charge in [0.25, 0.3) is 0 Å². The molecule has 0 rings (SSSR count). The molecule has 0 aliphatic heterocycles. The van der Waals surface area contributed by atoms with Crippen molar-refractivity contribution in [2.45, 2.75) is 25.9 Å². The Morgan fingerprint density at radius 3 is 2.91 bits per heavy atom. The van der Waals surface area contributed by atoms with E-state index in [2.05, 4.69) is 5.32 Å². The van der Waals surface area contributed by atoms with E-state index in [4.69, 9.17) is 10.4 Å². The van der Waals surface area contributed by atoms with Crippen LogP contribution in [0.5, 0.6) is 0 Å². The van der Waals surface area contributed by atoms with E-state index in [9.17, 15) is 4.79 Å². The molecule has 1 unspecified atom stereocenters. The first kappa shape index (κ1) is 9.92. The Morgan fingerprint density at radius 1 is 1.82 bits per heavy atom. The van der Waals surface area contributed by atoms with Gasteiger partial charge in [-0.1, -0.05) is 0 Å². The van der Waals surface area contributed by atoms with Crippen molar-refractivity contribution in [1.29, 1.82) is 5.26 Å². The summed E-state index contributed by atoms with van der Waals surface area (Å²) in [6.45, 7) is 2.08. The highest BCUT2D eigenvalue weighted by Crippen LogP contribution is 1.86. The highest BCUT2D eigenvalue weighted by molar-refractivity contribution is 5.77. The van der Waals surface area contributed by atoms with Gasteiger partial charge in [-0.3, -0.25) is 4.79 Å². The fourth-order valence-electron chi connectivity index (χ4n) is 0.555. The summed E-state index contributed by atoms with van der Waals surface area (Å²) in [5.41, 5.74) is 0. The number of hydrogen-bond donors (Lipinski definition) is 2. The van der Waals surface area contributed by atoms with E-state index in [1.54, 1.807) is 13.0 Å². The van der Waals surface area contributed by atoms with E-state index in [0.29, 0.717) is 13.0 Å². The summed E-state index contributed by atoms with van der Waals surface area (Å²) in [6.07, 6.45) is 0.00847. The van der Waals surface area contributed by atoms with Crippen LogP contribution in [0.25, 0.3) is 0 Å². The minimum absolute atomic E-state index is 0.111. The smallest absolute Gasteiger partial charge is 0.234 e. The molecule has 0 aromatic carbocycles. The van der Waals surface area contributed by atoms with E-state index in [1.165, 1.54) is 0 Å². The molecule has 62 valence electrons. The predicted octanol–water partition coefficient (Wildman–Crippen LogP) is -0.213. The molecular weight excluding hydrogens is 144 g/mol. The Hall–Kier alpha value is -1.08. The zero-order chi connectivity index (χ0) is 8.69. The van der Waals surface area contributed by atoms with Gasteiger partial charge in [0.1, 0.15) is 6.42 Å². The van der Waals surface area contributed by atoms with Crippen LogP contribution in [0.15, 0.2) is 0 Å². The second-order valence-corrected chi connectivity index (χ2v) is 2.32. The normalized spacial score (nSPS) is 11.7. The minimum atomic E-state index is -0.405. The molecule has 2 N–H and O–H groups in total. The topological polar surface area (TPSA) is 73.1 Å². The average molecular weight is 156 g/mol. The number of hydrogen-bond acceptors (Lipinski definition) is 3. The van der Waals surface area contributed by atoms with Crippen LogP contribution in [0, 0.1) is 11.3 Å². The Bertz CT molecular complexity index is 160. The maximum atomic E-state index is 10.6. The second kappa shape index (κ2) is 5.69. The number of nitriles is 1. The third-order valence-electron chi connectivity index (χ3n) is 1.12. The minimum Gasteiger partial charge on any atom is -0.393 e. The molecule has 0 saturated carbocycles. The lowest BCUT2D eigenvalue weighted by Gasteiger charge is -2.03. The Balaban J connectivity index is 3.26. The number of nitrogens with zero attached hydrogens (tertiary/aromatic N) is 1. The molecule has 0 spiro atoms. The molecule has 1 atom stereocenters. The van der Waals surface area contributed by atoms with Crippen LogP contribution in [-0.4, -0.2) is 23.7 Å². The summed E-state index contributed by atoms with van der Waals surface area (Å²) >= 11 is 0. The average Bonchev–Trinajstić information content (AvgIpc) is 1.87. The van der Waals surface area contributed by atoms with Gasteiger partial charge in [-0.05, 0) is 13.3 Å². The molecule has 0 bridgehead atoms. The molecule has 0 heterocycles. The molecular formula is C7H12N2O2. The Kier molecular flexibility index (Phi) is 5.13. The van der Waals surface area contributed by atoms with Crippen LogP contribution >= 0.6 is 0 Å². The van der Waals surface area contributed by atoms with Gasteiger partial charge in [0.05, 0.1) is 12.2 Å². The molecule has 0 aliphatic rings. The Morgan fingerprint density at radius 2 is 2.45 bits per heavy atom. The second-order valence-electron chi connectivity index (χ2n) is 2.32. The van der Waals surface area contributed by atoms with Crippen LogP contribution in [-0.2, 0) is 4.79 Å². The van der Waals surface area contributed by atoms with Gasteiger partial charge in [0, 0.05) is 6.54 Å². The molecule has 4 heteroatoms. The van der Waals surface area contributed by atoms with Gasteiger partial charge >= 0.3 is 0 Å². The zero-order valence-electron chi connectivity index (χ0n) is 6.50. The third-order valence-corrected chi connectivity index (χ3v) is 1.12. The maximum Gasteiger partial charge on any atom is 0.234 e. The lowest BCUT2D eigenvalue weighted by atomic mass is 10.3. The summed E-state index contributed by atoms with van der Waals surface area (Å²) in [7, 11) is 0. The third kappa shape index (κ3) is 6.81. The van der Waals surface area contributed by atoms with Crippen molar-refractivity contribution in [3.05, 3.63) is 0 Å². The van der Waals surface area contributed by atoms with Crippen molar-refractivity contribution < 1.29 is 9.90 Å². The van der Waals surface area contributed by atoms with Crippen LogP contribution in [0.3, 0.4) is 0 Å². The van der Waals surface area contributed by atoms with Crippen LogP contribution in [0.2, 0.25) is 0 Å². The highest BCUT2D eigenvalue weighted by Gasteiger charge is 1.99.